The zero-order valence-corrected chi connectivity index (χ0v) is 12.6. The number of aryl methyl sites for hydroxylation is 1. The molecule has 1 N–H and O–H groups in total. The third-order valence-electron chi connectivity index (χ3n) is 4.87. The molecule has 1 aromatic rings. The summed E-state index contributed by atoms with van der Waals surface area (Å²) in [5.74, 6) is -0.165. The first-order valence-electron chi connectivity index (χ1n) is 7.90. The Morgan fingerprint density at radius 2 is 2.14 bits per heavy atom. The second kappa shape index (κ2) is 6.07. The Kier molecular flexibility index (Phi) is 4.14. The third-order valence-corrected chi connectivity index (χ3v) is 4.87. The van der Waals surface area contributed by atoms with Gasteiger partial charge >= 0.3 is 0 Å². The molecule has 0 unspecified atom stereocenters. The first-order chi connectivity index (χ1) is 10.6. The van der Waals surface area contributed by atoms with Crippen LogP contribution in [0.2, 0.25) is 0 Å². The Bertz CT molecular complexity index is 590. The minimum Gasteiger partial charge on any atom is -0.356 e. The van der Waals surface area contributed by atoms with Gasteiger partial charge in [0, 0.05) is 26.1 Å². The number of amides is 2. The molecule has 1 aromatic carbocycles. The topological polar surface area (TPSA) is 49.4 Å². The number of nitrogens with one attached hydrogen (secondary N) is 1. The number of halogens is 1. The van der Waals surface area contributed by atoms with Crippen LogP contribution in [0.3, 0.4) is 0 Å². The molecule has 1 atom stereocenters. The van der Waals surface area contributed by atoms with Crippen molar-refractivity contribution in [1.29, 1.82) is 0 Å². The van der Waals surface area contributed by atoms with Gasteiger partial charge < -0.3 is 10.2 Å². The molecule has 2 aliphatic heterocycles. The number of hydrogen-bond acceptors (Lipinski definition) is 2. The molecular weight excluding hydrogens is 283 g/mol. The highest BCUT2D eigenvalue weighted by Crippen LogP contribution is 2.37. The Balaban J connectivity index is 1.58. The summed E-state index contributed by atoms with van der Waals surface area (Å²) in [5, 5.41) is 2.91. The zero-order valence-electron chi connectivity index (χ0n) is 12.6. The van der Waals surface area contributed by atoms with Crippen LogP contribution in [-0.2, 0) is 16.0 Å². The van der Waals surface area contributed by atoms with Crippen LogP contribution in [0, 0.1) is 11.2 Å². The van der Waals surface area contributed by atoms with E-state index < -0.39 is 0 Å². The van der Waals surface area contributed by atoms with E-state index in [2.05, 4.69) is 5.32 Å². The number of hydrogen-bond donors (Lipinski definition) is 1. The molecule has 1 spiro atoms. The van der Waals surface area contributed by atoms with Crippen molar-refractivity contribution in [3.8, 4) is 0 Å². The molecule has 3 rings (SSSR count). The van der Waals surface area contributed by atoms with Crippen molar-refractivity contribution in [2.75, 3.05) is 19.6 Å². The second-order valence-corrected chi connectivity index (χ2v) is 6.30. The lowest BCUT2D eigenvalue weighted by Gasteiger charge is -2.32. The van der Waals surface area contributed by atoms with Gasteiger partial charge in [0.25, 0.3) is 0 Å². The number of nitrogens with zero attached hydrogens (tertiary/aromatic N) is 1. The largest absolute Gasteiger partial charge is 0.356 e. The van der Waals surface area contributed by atoms with Gasteiger partial charge in [-0.2, -0.15) is 0 Å². The van der Waals surface area contributed by atoms with E-state index in [0.29, 0.717) is 31.5 Å². The van der Waals surface area contributed by atoms with Crippen LogP contribution in [0.15, 0.2) is 24.3 Å². The molecule has 5 heteroatoms. The fourth-order valence-corrected chi connectivity index (χ4v) is 3.51. The minimum atomic E-state index is -0.383. The van der Waals surface area contributed by atoms with Crippen molar-refractivity contribution < 1.29 is 14.0 Å². The smallest absolute Gasteiger partial charge is 0.228 e. The lowest BCUT2D eigenvalue weighted by molar-refractivity contribution is -0.134. The molecule has 0 radical (unpaired) electrons. The molecule has 0 saturated carbocycles. The molecule has 2 heterocycles. The van der Waals surface area contributed by atoms with Gasteiger partial charge in [-0.25, -0.2) is 4.39 Å². The monoisotopic (exact) mass is 304 g/mol. The summed E-state index contributed by atoms with van der Waals surface area (Å²) in [5.41, 5.74) is 0.187. The molecule has 0 bridgehead atoms. The Morgan fingerprint density at radius 3 is 2.91 bits per heavy atom. The molecule has 22 heavy (non-hydrogen) atoms. The summed E-state index contributed by atoms with van der Waals surface area (Å²) in [4.78, 5) is 26.2. The molecule has 0 aliphatic carbocycles. The standard InChI is InChI=1S/C17H21FN2O2/c18-14-5-2-1-4-13(14)6-7-15(21)20-11-9-17(12-20)8-3-10-19-16(17)22/h1-2,4-5H,3,6-12H2,(H,19,22)/t17-/m0/s1. The predicted octanol–water partition coefficient (Wildman–Crippen LogP) is 1.89. The summed E-state index contributed by atoms with van der Waals surface area (Å²) < 4.78 is 13.6. The van der Waals surface area contributed by atoms with Crippen molar-refractivity contribution in [3.05, 3.63) is 35.6 Å². The fraction of sp³-hybridized carbons (Fsp3) is 0.529. The second-order valence-electron chi connectivity index (χ2n) is 6.30. The molecule has 4 nitrogen and oxygen atoms in total. The predicted molar refractivity (Wildman–Crippen MR) is 80.6 cm³/mol. The van der Waals surface area contributed by atoms with E-state index in [1.54, 1.807) is 23.1 Å². The number of likely N-dealkylation sites (tertiary alicyclic amines) is 1. The first kappa shape index (κ1) is 15.0. The SMILES string of the molecule is O=C(CCc1ccccc1F)N1CC[C@@]2(CCCNC2=O)C1. The summed E-state index contributed by atoms with van der Waals surface area (Å²) in [6.07, 6.45) is 3.27. The van der Waals surface area contributed by atoms with E-state index >= 15 is 0 Å². The maximum atomic E-state index is 13.6. The van der Waals surface area contributed by atoms with E-state index in [4.69, 9.17) is 0 Å². The molecule has 0 aromatic heterocycles. The Labute approximate surface area is 129 Å². The summed E-state index contributed by atoms with van der Waals surface area (Å²) in [6, 6.07) is 6.55. The summed E-state index contributed by atoms with van der Waals surface area (Å²) >= 11 is 0. The number of piperidine rings is 1. The maximum absolute atomic E-state index is 13.6. The van der Waals surface area contributed by atoms with Gasteiger partial charge in [-0.1, -0.05) is 18.2 Å². The van der Waals surface area contributed by atoms with Gasteiger partial charge in [0.2, 0.25) is 11.8 Å². The average Bonchev–Trinajstić information content (AvgIpc) is 2.95. The normalized spacial score (nSPS) is 24.6. The van der Waals surface area contributed by atoms with Gasteiger partial charge in [0.1, 0.15) is 5.82 Å². The average molecular weight is 304 g/mol. The van der Waals surface area contributed by atoms with E-state index in [1.165, 1.54) is 6.07 Å². The number of rotatable bonds is 3. The van der Waals surface area contributed by atoms with Gasteiger partial charge in [0.05, 0.1) is 5.41 Å². The lowest BCUT2D eigenvalue weighted by atomic mass is 9.79. The van der Waals surface area contributed by atoms with Gasteiger partial charge in [0.15, 0.2) is 0 Å². The van der Waals surface area contributed by atoms with Crippen molar-refractivity contribution in [2.45, 2.75) is 32.1 Å². The van der Waals surface area contributed by atoms with Crippen molar-refractivity contribution in [1.82, 2.24) is 10.2 Å². The highest BCUT2D eigenvalue weighted by atomic mass is 19.1. The van der Waals surface area contributed by atoms with Crippen molar-refractivity contribution in [2.24, 2.45) is 5.41 Å². The number of carbonyl (C=O) groups is 2. The van der Waals surface area contributed by atoms with Crippen molar-refractivity contribution >= 4 is 11.8 Å². The highest BCUT2D eigenvalue weighted by Gasteiger charge is 2.46. The van der Waals surface area contributed by atoms with Crippen LogP contribution in [0.1, 0.15) is 31.2 Å². The third kappa shape index (κ3) is 2.85. The van der Waals surface area contributed by atoms with Crippen LogP contribution in [0.25, 0.3) is 0 Å². The number of carbonyl (C=O) groups excluding carboxylic acids is 2. The van der Waals surface area contributed by atoms with Gasteiger partial charge in [-0.05, 0) is 37.3 Å². The molecule has 118 valence electrons. The summed E-state index contributed by atoms with van der Waals surface area (Å²) in [7, 11) is 0. The molecule has 2 aliphatic rings. The van der Waals surface area contributed by atoms with E-state index in [-0.39, 0.29) is 23.0 Å². The maximum Gasteiger partial charge on any atom is 0.228 e. The summed E-state index contributed by atoms with van der Waals surface area (Å²) in [6.45, 7) is 1.88. The van der Waals surface area contributed by atoms with Gasteiger partial charge in [-0.3, -0.25) is 9.59 Å². The van der Waals surface area contributed by atoms with Crippen LogP contribution < -0.4 is 5.32 Å². The van der Waals surface area contributed by atoms with Crippen molar-refractivity contribution in [3.63, 3.8) is 0 Å². The van der Waals surface area contributed by atoms with Crippen LogP contribution in [0.5, 0.6) is 0 Å². The van der Waals surface area contributed by atoms with Crippen LogP contribution in [-0.4, -0.2) is 36.3 Å². The lowest BCUT2D eigenvalue weighted by Crippen LogP contribution is -2.47. The Hall–Kier alpha value is -1.91. The van der Waals surface area contributed by atoms with E-state index in [9.17, 15) is 14.0 Å². The number of benzene rings is 1. The highest BCUT2D eigenvalue weighted by molar-refractivity contribution is 5.86. The van der Waals surface area contributed by atoms with Crippen LogP contribution >= 0.6 is 0 Å². The minimum absolute atomic E-state index is 0.0125. The fourth-order valence-electron chi connectivity index (χ4n) is 3.51. The molecule has 2 fully saturated rings. The van der Waals surface area contributed by atoms with E-state index in [0.717, 1.165) is 25.8 Å². The zero-order chi connectivity index (χ0) is 15.6. The van der Waals surface area contributed by atoms with E-state index in [1.807, 2.05) is 0 Å². The molecular formula is C17H21FN2O2. The molecule has 2 saturated heterocycles. The first-order valence-corrected chi connectivity index (χ1v) is 7.90. The quantitative estimate of drug-likeness (QED) is 0.927. The molecule has 2 amide bonds. The van der Waals surface area contributed by atoms with Crippen LogP contribution in [0.4, 0.5) is 4.39 Å². The van der Waals surface area contributed by atoms with Gasteiger partial charge in [-0.15, -0.1) is 0 Å². The Morgan fingerprint density at radius 1 is 1.32 bits per heavy atom.